The Balaban J connectivity index is 0.00000127. The van der Waals surface area contributed by atoms with Gasteiger partial charge >= 0.3 is 12.1 Å². The summed E-state index contributed by atoms with van der Waals surface area (Å²) in [4.78, 5) is 42.4. The lowest BCUT2D eigenvalue weighted by atomic mass is 9.93. The highest BCUT2D eigenvalue weighted by Gasteiger charge is 2.56. The first-order valence-corrected chi connectivity index (χ1v) is 11.4. The summed E-state index contributed by atoms with van der Waals surface area (Å²) in [6.45, 7) is -0.386. The smallest absolute Gasteiger partial charge is 0.373 e. The maximum absolute atomic E-state index is 11.8. The van der Waals surface area contributed by atoms with Gasteiger partial charge in [0.25, 0.3) is 0 Å². The first-order chi connectivity index (χ1) is 18.1. The second-order valence-corrected chi connectivity index (χ2v) is 8.74. The van der Waals surface area contributed by atoms with Crippen molar-refractivity contribution in [3.8, 4) is 12.3 Å². The zero-order chi connectivity index (χ0) is 28.0. The SMILES string of the molecule is C#C[C@@]1(O)[C@@H](COC(Cc2ccccc2)C(=O)O)O[C@@H](n2cnc3c(N(C)C)nc(Cl)nc32)[C@@H]1O.O=C=O. The molecule has 1 aliphatic rings. The Labute approximate surface area is 221 Å². The molecule has 4 rings (SSSR count). The van der Waals surface area contributed by atoms with Gasteiger partial charge in [-0.2, -0.15) is 19.6 Å². The summed E-state index contributed by atoms with van der Waals surface area (Å²) in [5, 5.41) is 31.6. The minimum Gasteiger partial charge on any atom is -0.479 e. The Kier molecular flexibility index (Phi) is 9.13. The number of halogens is 1. The third kappa shape index (κ3) is 5.81. The molecule has 0 radical (unpaired) electrons. The summed E-state index contributed by atoms with van der Waals surface area (Å²) in [7, 11) is 3.52. The molecule has 14 heteroatoms. The van der Waals surface area contributed by atoms with E-state index in [1.807, 2.05) is 6.07 Å². The molecule has 0 amide bonds. The van der Waals surface area contributed by atoms with Crippen LogP contribution in [0.4, 0.5) is 5.82 Å². The van der Waals surface area contributed by atoms with E-state index < -0.39 is 36.1 Å². The zero-order valence-corrected chi connectivity index (χ0v) is 21.0. The maximum Gasteiger partial charge on any atom is 0.373 e. The van der Waals surface area contributed by atoms with Crippen LogP contribution in [0.5, 0.6) is 0 Å². The van der Waals surface area contributed by atoms with Crippen molar-refractivity contribution in [3.05, 3.63) is 47.5 Å². The monoisotopic (exact) mass is 545 g/mol. The molecule has 0 spiro atoms. The molecule has 3 aromatic rings. The molecule has 200 valence electrons. The van der Waals surface area contributed by atoms with E-state index in [1.165, 1.54) is 10.9 Å². The van der Waals surface area contributed by atoms with Crippen LogP contribution in [0.1, 0.15) is 11.8 Å². The largest absolute Gasteiger partial charge is 0.479 e. The Morgan fingerprint density at radius 3 is 2.55 bits per heavy atom. The molecule has 1 saturated heterocycles. The summed E-state index contributed by atoms with van der Waals surface area (Å²) in [6, 6.07) is 8.96. The molecule has 2 aromatic heterocycles. The number of fused-ring (bicyclic) bond motifs is 1. The number of carboxylic acids is 1. The minimum absolute atomic E-state index is 0.0484. The molecule has 0 bridgehead atoms. The van der Waals surface area contributed by atoms with Gasteiger partial charge in [0.2, 0.25) is 5.28 Å². The lowest BCUT2D eigenvalue weighted by Crippen LogP contribution is -2.48. The fourth-order valence-electron chi connectivity index (χ4n) is 3.94. The number of rotatable bonds is 8. The van der Waals surface area contributed by atoms with Crippen LogP contribution in [-0.4, -0.2) is 91.6 Å². The number of aromatic nitrogens is 4. The average Bonchev–Trinajstić information content (AvgIpc) is 3.40. The highest BCUT2D eigenvalue weighted by molar-refractivity contribution is 6.28. The molecule has 13 nitrogen and oxygen atoms in total. The number of carbonyl (C=O) groups is 1. The number of ether oxygens (including phenoxy) is 2. The summed E-state index contributed by atoms with van der Waals surface area (Å²) < 4.78 is 12.9. The predicted molar refractivity (Wildman–Crippen MR) is 131 cm³/mol. The van der Waals surface area contributed by atoms with E-state index in [0.717, 1.165) is 5.56 Å². The molecule has 38 heavy (non-hydrogen) atoms. The third-order valence-electron chi connectivity index (χ3n) is 5.81. The van der Waals surface area contributed by atoms with Gasteiger partial charge in [0.05, 0.1) is 12.9 Å². The molecule has 3 heterocycles. The number of aliphatic hydroxyl groups is 2. The Hall–Kier alpha value is -3.89. The van der Waals surface area contributed by atoms with Crippen LogP contribution in [0.2, 0.25) is 5.28 Å². The lowest BCUT2D eigenvalue weighted by Gasteiger charge is -2.26. The normalized spacial score (nSPS) is 23.1. The number of anilines is 1. The van der Waals surface area contributed by atoms with Crippen LogP contribution >= 0.6 is 11.6 Å². The third-order valence-corrected chi connectivity index (χ3v) is 5.98. The number of hydrogen-bond acceptors (Lipinski definition) is 11. The van der Waals surface area contributed by atoms with E-state index >= 15 is 0 Å². The first-order valence-electron chi connectivity index (χ1n) is 11.1. The Morgan fingerprint density at radius 2 is 1.97 bits per heavy atom. The van der Waals surface area contributed by atoms with E-state index in [4.69, 9.17) is 37.1 Å². The van der Waals surface area contributed by atoms with E-state index in [1.54, 1.807) is 43.3 Å². The predicted octanol–water partition coefficient (Wildman–Crippen LogP) is 0.297. The van der Waals surface area contributed by atoms with E-state index in [9.17, 15) is 20.1 Å². The molecule has 5 atom stereocenters. The number of aliphatic carboxylic acids is 1. The maximum atomic E-state index is 11.8. The van der Waals surface area contributed by atoms with Crippen molar-refractivity contribution in [1.29, 1.82) is 0 Å². The number of carboxylic acid groups (broad SMARTS) is 1. The lowest BCUT2D eigenvalue weighted by molar-refractivity contribution is -0.191. The van der Waals surface area contributed by atoms with Crippen molar-refractivity contribution in [2.45, 2.75) is 36.6 Å². The summed E-state index contributed by atoms with van der Waals surface area (Å²) in [5.41, 5.74) is -0.757. The molecular weight excluding hydrogens is 522 g/mol. The highest BCUT2D eigenvalue weighted by atomic mass is 35.5. The van der Waals surface area contributed by atoms with Crippen molar-refractivity contribution in [1.82, 2.24) is 19.5 Å². The summed E-state index contributed by atoms with van der Waals surface area (Å²) >= 11 is 6.08. The van der Waals surface area contributed by atoms with Crippen molar-refractivity contribution >= 4 is 40.7 Å². The minimum atomic E-state index is -2.17. The van der Waals surface area contributed by atoms with Crippen LogP contribution in [0.3, 0.4) is 0 Å². The highest BCUT2D eigenvalue weighted by Crippen LogP contribution is 2.39. The van der Waals surface area contributed by atoms with Gasteiger partial charge < -0.3 is 29.7 Å². The van der Waals surface area contributed by atoms with Gasteiger partial charge in [0.15, 0.2) is 34.9 Å². The number of carbonyl (C=O) groups excluding carboxylic acids is 2. The first kappa shape index (κ1) is 28.7. The van der Waals surface area contributed by atoms with E-state index in [-0.39, 0.29) is 30.1 Å². The number of terminal acetylenes is 1. The van der Waals surface area contributed by atoms with Gasteiger partial charge in [0.1, 0.15) is 12.2 Å². The topological polar surface area (TPSA) is 177 Å². The number of nitrogens with zero attached hydrogens (tertiary/aromatic N) is 5. The summed E-state index contributed by atoms with van der Waals surface area (Å²) in [5.74, 6) is 1.44. The Bertz CT molecular complexity index is 1360. The zero-order valence-electron chi connectivity index (χ0n) is 20.3. The van der Waals surface area contributed by atoms with Crippen molar-refractivity contribution < 1.29 is 39.2 Å². The van der Waals surface area contributed by atoms with Gasteiger partial charge in [-0.3, -0.25) is 4.57 Å². The molecule has 1 fully saturated rings. The quantitative estimate of drug-likeness (QED) is 0.261. The van der Waals surface area contributed by atoms with Crippen LogP contribution in [0.15, 0.2) is 36.7 Å². The average molecular weight is 546 g/mol. The van der Waals surface area contributed by atoms with Crippen LogP contribution in [-0.2, 0) is 30.3 Å². The van der Waals surface area contributed by atoms with Crippen LogP contribution < -0.4 is 4.90 Å². The van der Waals surface area contributed by atoms with Crippen LogP contribution in [0, 0.1) is 12.3 Å². The molecule has 0 saturated carbocycles. The van der Waals surface area contributed by atoms with E-state index in [0.29, 0.717) is 11.3 Å². The number of hydrogen-bond donors (Lipinski definition) is 3. The van der Waals surface area contributed by atoms with Crippen molar-refractivity contribution in [2.75, 3.05) is 25.6 Å². The van der Waals surface area contributed by atoms with Gasteiger partial charge in [-0.25, -0.2) is 9.78 Å². The van der Waals surface area contributed by atoms with E-state index in [2.05, 4.69) is 20.9 Å². The molecule has 1 aliphatic heterocycles. The van der Waals surface area contributed by atoms with Gasteiger partial charge in [-0.15, -0.1) is 6.42 Å². The molecular formula is C24H24ClN5O8. The van der Waals surface area contributed by atoms with Gasteiger partial charge in [-0.05, 0) is 17.2 Å². The second kappa shape index (κ2) is 12.1. The van der Waals surface area contributed by atoms with Crippen molar-refractivity contribution in [3.63, 3.8) is 0 Å². The molecule has 1 aromatic carbocycles. The van der Waals surface area contributed by atoms with Gasteiger partial charge in [0, 0.05) is 20.5 Å². The van der Waals surface area contributed by atoms with Gasteiger partial charge in [-0.1, -0.05) is 36.3 Å². The van der Waals surface area contributed by atoms with Crippen molar-refractivity contribution in [2.24, 2.45) is 0 Å². The number of imidazole rings is 1. The molecule has 0 aliphatic carbocycles. The molecule has 3 N–H and O–H groups in total. The Morgan fingerprint density at radius 1 is 1.32 bits per heavy atom. The van der Waals surface area contributed by atoms with Crippen LogP contribution in [0.25, 0.3) is 11.2 Å². The second-order valence-electron chi connectivity index (χ2n) is 8.40. The number of aliphatic hydroxyl groups excluding tert-OH is 1. The fraction of sp³-hybridized carbons (Fsp3) is 0.375. The number of benzene rings is 1. The molecule has 1 unspecified atom stereocenters. The summed E-state index contributed by atoms with van der Waals surface area (Å²) in [6.07, 6.45) is 2.01. The standard InChI is InChI=1S/C23H24ClN5O6.CO2/c1-4-23(33)15(11-34-14(21(31)32)10-13-8-6-5-7-9-13)35-20(17(23)30)29-12-25-16-18(28(2)3)26-22(24)27-19(16)29;2-1-3/h1,5-9,12,14-15,17,20,30,33H,10-11H2,2-3H3,(H,31,32);/t14?,15-,17+,20-,23-;/m1./s1. The fourth-order valence-corrected chi connectivity index (χ4v) is 4.10.